The second-order valence-electron chi connectivity index (χ2n) is 18.9. The maximum atomic E-state index is 2.48. The van der Waals surface area contributed by atoms with Crippen LogP contribution in [-0.4, -0.2) is 4.57 Å². The van der Waals surface area contributed by atoms with Crippen molar-refractivity contribution in [1.29, 1.82) is 0 Å². The molecule has 0 amide bonds. The topological polar surface area (TPSA) is 11.4 Å². The van der Waals surface area contributed by atoms with E-state index in [2.05, 4.69) is 324 Å². The molecule has 0 aliphatic carbocycles. The van der Waals surface area contributed by atoms with Crippen LogP contribution in [0.25, 0.3) is 83.1 Å². The number of nitrogens with zero attached hydrogens (tertiary/aromatic N) is 3. The van der Waals surface area contributed by atoms with Gasteiger partial charge in [0.05, 0.1) is 11.2 Å². The van der Waals surface area contributed by atoms with Crippen LogP contribution in [-0.2, 0) is 0 Å². The molecule has 75 heavy (non-hydrogen) atoms. The molecule has 13 aromatic rings. The SMILES string of the molecule is c1ccc(-c2ccc(N(c3ccc(-c4ccc(N(c5ccccc5)c5ccccc5)cc4)cc3)c3ccc(-c4cccc5c4ccc4c(-c6ccccc6)c(-c6ccccc6)n(-c6ccccc6)c45)cc3)cc2)cc1. The number of aromatic nitrogens is 1. The third-order valence-electron chi connectivity index (χ3n) is 14.4. The highest BCUT2D eigenvalue weighted by atomic mass is 15.1. The maximum absolute atomic E-state index is 2.48. The van der Waals surface area contributed by atoms with Gasteiger partial charge in [0.25, 0.3) is 0 Å². The lowest BCUT2D eigenvalue weighted by molar-refractivity contribution is 1.14. The Morgan fingerprint density at radius 1 is 0.213 bits per heavy atom. The minimum absolute atomic E-state index is 1.07. The molecule has 0 fully saturated rings. The molecule has 3 heteroatoms. The Labute approximate surface area is 438 Å². The summed E-state index contributed by atoms with van der Waals surface area (Å²) in [6, 6.07) is 112. The van der Waals surface area contributed by atoms with Gasteiger partial charge in [-0.2, -0.15) is 0 Å². The van der Waals surface area contributed by atoms with Gasteiger partial charge in [0.1, 0.15) is 0 Å². The zero-order chi connectivity index (χ0) is 49.9. The van der Waals surface area contributed by atoms with E-state index >= 15 is 0 Å². The predicted molar refractivity (Wildman–Crippen MR) is 317 cm³/mol. The minimum Gasteiger partial charge on any atom is -0.311 e. The molecule has 0 saturated heterocycles. The van der Waals surface area contributed by atoms with E-state index in [1.165, 1.54) is 60.8 Å². The van der Waals surface area contributed by atoms with Crippen LogP contribution in [0.15, 0.2) is 309 Å². The number of rotatable bonds is 12. The Kier molecular flexibility index (Phi) is 11.9. The molecule has 12 aromatic carbocycles. The molecule has 0 N–H and O–H groups in total. The fourth-order valence-electron chi connectivity index (χ4n) is 10.9. The summed E-state index contributed by atoms with van der Waals surface area (Å²) in [7, 11) is 0. The molecule has 0 spiro atoms. The number of fused-ring (bicyclic) bond motifs is 3. The van der Waals surface area contributed by atoms with Crippen LogP contribution >= 0.6 is 0 Å². The van der Waals surface area contributed by atoms with E-state index in [1.807, 2.05) is 0 Å². The van der Waals surface area contributed by atoms with E-state index in [9.17, 15) is 0 Å². The van der Waals surface area contributed by atoms with Crippen molar-refractivity contribution in [2.24, 2.45) is 0 Å². The van der Waals surface area contributed by atoms with Crippen LogP contribution in [0.4, 0.5) is 34.1 Å². The number of para-hydroxylation sites is 3. The molecule has 354 valence electrons. The van der Waals surface area contributed by atoms with Crippen molar-refractivity contribution in [3.63, 3.8) is 0 Å². The molecule has 0 aliphatic heterocycles. The van der Waals surface area contributed by atoms with Gasteiger partial charge in [-0.3, -0.25) is 0 Å². The summed E-state index contributed by atoms with van der Waals surface area (Å²) in [5.74, 6) is 0. The highest BCUT2D eigenvalue weighted by molar-refractivity contribution is 6.18. The van der Waals surface area contributed by atoms with Gasteiger partial charge in [-0.25, -0.2) is 0 Å². The lowest BCUT2D eigenvalue weighted by Gasteiger charge is -2.26. The summed E-state index contributed by atoms with van der Waals surface area (Å²) in [5, 5.41) is 3.63. The van der Waals surface area contributed by atoms with Crippen molar-refractivity contribution in [2.45, 2.75) is 0 Å². The van der Waals surface area contributed by atoms with E-state index in [0.717, 1.165) is 56.5 Å². The van der Waals surface area contributed by atoms with Gasteiger partial charge >= 0.3 is 0 Å². The van der Waals surface area contributed by atoms with E-state index in [4.69, 9.17) is 0 Å². The van der Waals surface area contributed by atoms with Crippen LogP contribution in [0.1, 0.15) is 0 Å². The zero-order valence-electron chi connectivity index (χ0n) is 41.3. The molecule has 0 unspecified atom stereocenters. The molecule has 13 rings (SSSR count). The van der Waals surface area contributed by atoms with Crippen molar-refractivity contribution in [1.82, 2.24) is 4.57 Å². The van der Waals surface area contributed by atoms with Gasteiger partial charge in [0.2, 0.25) is 0 Å². The van der Waals surface area contributed by atoms with Crippen molar-refractivity contribution in [3.05, 3.63) is 309 Å². The molecule has 0 atom stereocenters. The Hall–Kier alpha value is -9.96. The molecule has 3 nitrogen and oxygen atoms in total. The summed E-state index contributed by atoms with van der Waals surface area (Å²) >= 11 is 0. The fourth-order valence-corrected chi connectivity index (χ4v) is 10.9. The normalized spacial score (nSPS) is 11.2. The van der Waals surface area contributed by atoms with E-state index in [1.54, 1.807) is 0 Å². The number of hydrogen-bond donors (Lipinski definition) is 0. The smallest absolute Gasteiger partial charge is 0.0620 e. The van der Waals surface area contributed by atoms with Gasteiger partial charge in [-0.05, 0) is 135 Å². The van der Waals surface area contributed by atoms with Crippen LogP contribution in [0.5, 0.6) is 0 Å². The average molecular weight is 958 g/mol. The first-order valence-electron chi connectivity index (χ1n) is 25.7. The average Bonchev–Trinajstić information content (AvgIpc) is 3.87. The summed E-state index contributed by atoms with van der Waals surface area (Å²) in [6.07, 6.45) is 0. The molecule has 0 radical (unpaired) electrons. The third-order valence-corrected chi connectivity index (χ3v) is 14.4. The summed E-state index contributed by atoms with van der Waals surface area (Å²) in [4.78, 5) is 4.66. The summed E-state index contributed by atoms with van der Waals surface area (Å²) < 4.78 is 2.48. The maximum Gasteiger partial charge on any atom is 0.0620 e. The standard InChI is InChI=1S/C72H51N3/c1-7-20-52(21-8-1)53-34-42-63(43-35-53)74(64-46-38-55(39-47-64)54-36-44-62(45-37-54)73(59-26-13-4-14-27-59)60-28-15-5-16-29-60)65-48-40-56(41-49-65)66-32-19-33-68-67(66)50-51-69-70(57-22-9-2-10-23-57)71(58-24-11-3-12-25-58)75(72(68)69)61-30-17-6-18-31-61/h1-51H. The third kappa shape index (κ3) is 8.63. The Balaban J connectivity index is 0.888. The van der Waals surface area contributed by atoms with Crippen LogP contribution in [0.3, 0.4) is 0 Å². The van der Waals surface area contributed by atoms with E-state index < -0.39 is 0 Å². The molecule has 1 heterocycles. The van der Waals surface area contributed by atoms with Crippen molar-refractivity contribution >= 4 is 55.8 Å². The molecule has 0 aliphatic rings. The highest BCUT2D eigenvalue weighted by Crippen LogP contribution is 2.47. The first kappa shape index (κ1) is 44.9. The fraction of sp³-hybridized carbons (Fsp3) is 0. The number of hydrogen-bond acceptors (Lipinski definition) is 2. The van der Waals surface area contributed by atoms with Crippen LogP contribution < -0.4 is 9.80 Å². The van der Waals surface area contributed by atoms with Gasteiger partial charge in [-0.1, -0.05) is 224 Å². The molecular weight excluding hydrogens is 907 g/mol. The van der Waals surface area contributed by atoms with Gasteiger partial charge in [-0.15, -0.1) is 0 Å². The van der Waals surface area contributed by atoms with Crippen molar-refractivity contribution in [2.75, 3.05) is 9.80 Å². The van der Waals surface area contributed by atoms with Gasteiger partial charge in [0.15, 0.2) is 0 Å². The molecular formula is C72H51N3. The lowest BCUT2D eigenvalue weighted by Crippen LogP contribution is -2.10. The highest BCUT2D eigenvalue weighted by Gasteiger charge is 2.24. The number of anilines is 6. The quantitative estimate of drug-likeness (QED) is 0.121. The monoisotopic (exact) mass is 957 g/mol. The minimum atomic E-state index is 1.07. The van der Waals surface area contributed by atoms with Crippen LogP contribution in [0.2, 0.25) is 0 Å². The predicted octanol–water partition coefficient (Wildman–Crippen LogP) is 20.1. The molecule has 1 aromatic heterocycles. The zero-order valence-corrected chi connectivity index (χ0v) is 41.3. The van der Waals surface area contributed by atoms with E-state index in [-0.39, 0.29) is 0 Å². The first-order valence-corrected chi connectivity index (χ1v) is 25.7. The Morgan fingerprint density at radius 3 is 1.01 bits per heavy atom. The Bertz CT molecular complexity index is 3990. The second-order valence-corrected chi connectivity index (χ2v) is 18.9. The number of benzene rings is 12. The van der Waals surface area contributed by atoms with Crippen molar-refractivity contribution in [3.8, 4) is 61.5 Å². The Morgan fingerprint density at radius 2 is 0.560 bits per heavy atom. The lowest BCUT2D eigenvalue weighted by atomic mass is 9.94. The van der Waals surface area contributed by atoms with E-state index in [0.29, 0.717) is 0 Å². The summed E-state index contributed by atoms with van der Waals surface area (Å²) in [6.45, 7) is 0. The van der Waals surface area contributed by atoms with Gasteiger partial charge in [0, 0.05) is 56.1 Å². The van der Waals surface area contributed by atoms with Crippen molar-refractivity contribution < 1.29 is 0 Å². The summed E-state index contributed by atoms with van der Waals surface area (Å²) in [5.41, 5.74) is 20.7. The largest absolute Gasteiger partial charge is 0.311 e. The van der Waals surface area contributed by atoms with Crippen LogP contribution in [0, 0.1) is 0 Å². The van der Waals surface area contributed by atoms with Gasteiger partial charge < -0.3 is 14.4 Å². The first-order chi connectivity index (χ1) is 37.2. The second kappa shape index (κ2) is 19.9. The molecule has 0 bridgehead atoms. The molecule has 0 saturated carbocycles.